The number of carbonyl (C=O) groups excluding carboxylic acids is 2. The number of amides is 2. The summed E-state index contributed by atoms with van der Waals surface area (Å²) in [6.07, 6.45) is 3.04. The first-order chi connectivity index (χ1) is 11.2. The summed E-state index contributed by atoms with van der Waals surface area (Å²) in [5.41, 5.74) is 2.04. The number of hydrogen-bond acceptors (Lipinski definition) is 3. The third-order valence-corrected chi connectivity index (χ3v) is 4.79. The molecule has 0 aromatic heterocycles. The molecule has 0 bridgehead atoms. The lowest BCUT2D eigenvalue weighted by atomic mass is 10.1. The molecule has 0 aliphatic carbocycles. The summed E-state index contributed by atoms with van der Waals surface area (Å²) in [4.78, 5) is 26.5. The van der Waals surface area contributed by atoms with Gasteiger partial charge in [0.2, 0.25) is 11.8 Å². The number of anilines is 1. The Bertz CT molecular complexity index is 564. The van der Waals surface area contributed by atoms with Gasteiger partial charge in [0, 0.05) is 37.9 Å². The Labute approximate surface area is 137 Å². The zero-order valence-electron chi connectivity index (χ0n) is 13.6. The fourth-order valence-electron chi connectivity index (χ4n) is 3.33. The Morgan fingerprint density at radius 1 is 1.26 bits per heavy atom. The quantitative estimate of drug-likeness (QED) is 0.926. The van der Waals surface area contributed by atoms with E-state index in [0.717, 1.165) is 24.9 Å². The Morgan fingerprint density at radius 2 is 1.96 bits per heavy atom. The molecule has 2 saturated heterocycles. The van der Waals surface area contributed by atoms with Crippen LogP contribution in [-0.4, -0.2) is 42.5 Å². The molecule has 124 valence electrons. The van der Waals surface area contributed by atoms with Crippen molar-refractivity contribution in [3.05, 3.63) is 29.8 Å². The van der Waals surface area contributed by atoms with E-state index in [1.54, 1.807) is 0 Å². The van der Waals surface area contributed by atoms with Crippen molar-refractivity contribution in [1.29, 1.82) is 0 Å². The van der Waals surface area contributed by atoms with Crippen molar-refractivity contribution >= 4 is 17.5 Å². The van der Waals surface area contributed by atoms with Crippen LogP contribution in [0.15, 0.2) is 24.3 Å². The molecule has 3 rings (SSSR count). The first kappa shape index (κ1) is 16.0. The number of carbonyl (C=O) groups is 2. The van der Waals surface area contributed by atoms with Crippen LogP contribution in [0.4, 0.5) is 5.69 Å². The largest absolute Gasteiger partial charge is 0.381 e. The normalized spacial score (nSPS) is 22.4. The maximum atomic E-state index is 12.4. The molecule has 2 aliphatic rings. The summed E-state index contributed by atoms with van der Waals surface area (Å²) in [7, 11) is 0. The fraction of sp³-hybridized carbons (Fsp3) is 0.556. The lowest BCUT2D eigenvalue weighted by molar-refractivity contribution is -0.131. The van der Waals surface area contributed by atoms with Gasteiger partial charge in [0.1, 0.15) is 0 Å². The average molecular weight is 316 g/mol. The second kappa shape index (κ2) is 7.13. The van der Waals surface area contributed by atoms with Gasteiger partial charge in [-0.15, -0.1) is 0 Å². The molecule has 1 aromatic rings. The molecule has 2 aliphatic heterocycles. The second-order valence-electron chi connectivity index (χ2n) is 6.33. The molecular formula is C18H24N2O3. The van der Waals surface area contributed by atoms with Gasteiger partial charge in [0.15, 0.2) is 0 Å². The number of benzene rings is 1. The van der Waals surface area contributed by atoms with Crippen molar-refractivity contribution in [2.45, 2.75) is 38.6 Å². The summed E-state index contributed by atoms with van der Waals surface area (Å²) in [5.74, 6) is -0.216. The molecule has 0 radical (unpaired) electrons. The highest BCUT2D eigenvalue weighted by molar-refractivity contribution is 5.97. The second-order valence-corrected chi connectivity index (χ2v) is 6.33. The van der Waals surface area contributed by atoms with E-state index in [4.69, 9.17) is 4.74 Å². The lowest BCUT2D eigenvalue weighted by Crippen LogP contribution is -2.41. The van der Waals surface area contributed by atoms with Crippen molar-refractivity contribution in [1.82, 2.24) is 4.90 Å². The summed E-state index contributed by atoms with van der Waals surface area (Å²) in [5, 5.41) is 2.94. The molecule has 1 unspecified atom stereocenters. The van der Waals surface area contributed by atoms with Crippen molar-refractivity contribution in [2.24, 2.45) is 5.92 Å². The van der Waals surface area contributed by atoms with Gasteiger partial charge in [-0.1, -0.05) is 19.1 Å². The van der Waals surface area contributed by atoms with Crippen LogP contribution >= 0.6 is 0 Å². The van der Waals surface area contributed by atoms with Crippen molar-refractivity contribution in [2.75, 3.05) is 25.1 Å². The minimum atomic E-state index is -0.254. The van der Waals surface area contributed by atoms with Crippen LogP contribution in [0.5, 0.6) is 0 Å². The molecular weight excluding hydrogens is 292 g/mol. The fourth-order valence-corrected chi connectivity index (χ4v) is 3.33. The lowest BCUT2D eigenvalue weighted by Gasteiger charge is -2.31. The number of nitrogens with one attached hydrogen (secondary N) is 1. The van der Waals surface area contributed by atoms with E-state index in [2.05, 4.69) is 12.2 Å². The highest BCUT2D eigenvalue weighted by Gasteiger charge is 2.38. The van der Waals surface area contributed by atoms with E-state index in [-0.39, 0.29) is 23.8 Å². The topological polar surface area (TPSA) is 58.6 Å². The van der Waals surface area contributed by atoms with Crippen LogP contribution in [-0.2, 0) is 20.7 Å². The first-order valence-corrected chi connectivity index (χ1v) is 8.44. The predicted octanol–water partition coefficient (Wildman–Crippen LogP) is 2.21. The summed E-state index contributed by atoms with van der Waals surface area (Å²) >= 11 is 0. The zero-order valence-corrected chi connectivity index (χ0v) is 13.6. The molecule has 5 nitrogen and oxygen atoms in total. The molecule has 2 fully saturated rings. The number of rotatable bonds is 4. The molecule has 0 spiro atoms. The van der Waals surface area contributed by atoms with Crippen LogP contribution in [0.25, 0.3) is 0 Å². The predicted molar refractivity (Wildman–Crippen MR) is 88.1 cm³/mol. The molecule has 0 saturated carbocycles. The maximum Gasteiger partial charge on any atom is 0.229 e. The van der Waals surface area contributed by atoms with Crippen LogP contribution in [0.2, 0.25) is 0 Å². The highest BCUT2D eigenvalue weighted by atomic mass is 16.5. The van der Waals surface area contributed by atoms with Crippen LogP contribution in [0, 0.1) is 5.92 Å². The van der Waals surface area contributed by atoms with E-state index >= 15 is 0 Å². The summed E-state index contributed by atoms with van der Waals surface area (Å²) in [6.45, 7) is 4.04. The number of likely N-dealkylation sites (tertiary alicyclic amines) is 1. The summed E-state index contributed by atoms with van der Waals surface area (Å²) < 4.78 is 5.35. The summed E-state index contributed by atoms with van der Waals surface area (Å²) in [6, 6.07) is 8.11. The first-order valence-electron chi connectivity index (χ1n) is 8.44. The van der Waals surface area contributed by atoms with Gasteiger partial charge in [0.05, 0.1) is 5.92 Å². The van der Waals surface area contributed by atoms with Crippen molar-refractivity contribution < 1.29 is 14.3 Å². The number of aryl methyl sites for hydroxylation is 1. The van der Waals surface area contributed by atoms with E-state index in [0.29, 0.717) is 26.2 Å². The molecule has 1 N–H and O–H groups in total. The highest BCUT2D eigenvalue weighted by Crippen LogP contribution is 2.26. The van der Waals surface area contributed by atoms with Crippen LogP contribution < -0.4 is 5.32 Å². The smallest absolute Gasteiger partial charge is 0.229 e. The van der Waals surface area contributed by atoms with Gasteiger partial charge in [-0.3, -0.25) is 9.59 Å². The van der Waals surface area contributed by atoms with E-state index in [1.165, 1.54) is 5.56 Å². The number of ether oxygens (including phenoxy) is 1. The minimum Gasteiger partial charge on any atom is -0.381 e. The van der Waals surface area contributed by atoms with Crippen LogP contribution in [0.3, 0.4) is 0 Å². The van der Waals surface area contributed by atoms with Gasteiger partial charge in [-0.2, -0.15) is 0 Å². The Kier molecular flexibility index (Phi) is 4.96. The zero-order chi connectivity index (χ0) is 16.2. The molecule has 1 aromatic carbocycles. The van der Waals surface area contributed by atoms with Gasteiger partial charge in [0.25, 0.3) is 0 Å². The third kappa shape index (κ3) is 3.72. The molecule has 1 atom stereocenters. The molecule has 5 heteroatoms. The number of hydrogen-bond donors (Lipinski definition) is 1. The Hall–Kier alpha value is -1.88. The van der Waals surface area contributed by atoms with E-state index < -0.39 is 0 Å². The minimum absolute atomic E-state index is 0.0582. The Morgan fingerprint density at radius 3 is 2.61 bits per heavy atom. The average Bonchev–Trinajstić information content (AvgIpc) is 2.98. The Balaban J connectivity index is 1.58. The molecule has 2 amide bonds. The van der Waals surface area contributed by atoms with E-state index in [9.17, 15) is 9.59 Å². The van der Waals surface area contributed by atoms with Gasteiger partial charge >= 0.3 is 0 Å². The third-order valence-electron chi connectivity index (χ3n) is 4.79. The monoisotopic (exact) mass is 316 g/mol. The van der Waals surface area contributed by atoms with Crippen LogP contribution in [0.1, 0.15) is 31.7 Å². The van der Waals surface area contributed by atoms with Crippen molar-refractivity contribution in [3.8, 4) is 0 Å². The maximum absolute atomic E-state index is 12.4. The molecule has 23 heavy (non-hydrogen) atoms. The molecule has 2 heterocycles. The standard InChI is InChI=1S/C18H24N2O3/c1-2-13-3-5-15(6-4-13)19-18(22)14-11-17(21)20(12-14)16-7-9-23-10-8-16/h3-6,14,16H,2,7-12H2,1H3,(H,19,22). The van der Waals surface area contributed by atoms with Gasteiger partial charge < -0.3 is 15.0 Å². The van der Waals surface area contributed by atoms with Gasteiger partial charge in [-0.05, 0) is 37.0 Å². The van der Waals surface area contributed by atoms with Crippen molar-refractivity contribution in [3.63, 3.8) is 0 Å². The SMILES string of the molecule is CCc1ccc(NC(=O)C2CC(=O)N(C3CCOCC3)C2)cc1. The number of nitrogens with zero attached hydrogens (tertiary/aromatic N) is 1. The van der Waals surface area contributed by atoms with Gasteiger partial charge in [-0.25, -0.2) is 0 Å². The van der Waals surface area contributed by atoms with E-state index in [1.807, 2.05) is 29.2 Å².